The zero-order chi connectivity index (χ0) is 18.7. The summed E-state index contributed by atoms with van der Waals surface area (Å²) in [5.74, 6) is -0.332. The van der Waals surface area contributed by atoms with Crippen molar-refractivity contribution in [2.45, 2.75) is 29.9 Å². The molecule has 0 aromatic heterocycles. The number of aliphatic imine (C=N–C) groups is 1. The Morgan fingerprint density at radius 1 is 1.15 bits per heavy atom. The molecule has 26 heavy (non-hydrogen) atoms. The maximum atomic E-state index is 13.8. The van der Waals surface area contributed by atoms with Crippen molar-refractivity contribution in [3.05, 3.63) is 48.3 Å². The summed E-state index contributed by atoms with van der Waals surface area (Å²) >= 11 is 4.52. The van der Waals surface area contributed by atoms with Gasteiger partial charge in [0.25, 0.3) is 10.1 Å². The van der Waals surface area contributed by atoms with Crippen LogP contribution in [0.3, 0.4) is 0 Å². The second-order valence-electron chi connectivity index (χ2n) is 5.89. The van der Waals surface area contributed by atoms with Gasteiger partial charge in [-0.25, -0.2) is 9.38 Å². The van der Waals surface area contributed by atoms with Gasteiger partial charge in [0.15, 0.2) is 11.6 Å². The molecule has 0 amide bonds. The lowest BCUT2D eigenvalue weighted by atomic mass is 9.90. The van der Waals surface area contributed by atoms with E-state index < -0.39 is 22.0 Å². The maximum Gasteiger partial charge on any atom is 0.297 e. The van der Waals surface area contributed by atoms with E-state index in [2.05, 4.69) is 22.4 Å². The second kappa shape index (κ2) is 7.63. The topological polar surface area (TPSA) is 65.0 Å². The third-order valence-corrected chi connectivity index (χ3v) is 5.68. The Morgan fingerprint density at radius 3 is 2.38 bits per heavy atom. The summed E-state index contributed by atoms with van der Waals surface area (Å²) in [6, 6.07) is 10.6. The van der Waals surface area contributed by atoms with Crippen molar-refractivity contribution in [3.8, 4) is 16.9 Å². The van der Waals surface area contributed by atoms with Crippen molar-refractivity contribution in [2.75, 3.05) is 7.11 Å². The van der Waals surface area contributed by atoms with E-state index in [0.717, 1.165) is 0 Å². The zero-order valence-electron chi connectivity index (χ0n) is 13.9. The van der Waals surface area contributed by atoms with Crippen LogP contribution >= 0.6 is 12.2 Å². The van der Waals surface area contributed by atoms with Gasteiger partial charge < -0.3 is 4.74 Å². The Labute approximate surface area is 156 Å². The van der Waals surface area contributed by atoms with Crippen LogP contribution in [0.2, 0.25) is 0 Å². The van der Waals surface area contributed by atoms with E-state index in [-0.39, 0.29) is 16.7 Å². The molecule has 0 bridgehead atoms. The van der Waals surface area contributed by atoms with Crippen molar-refractivity contribution >= 4 is 27.5 Å². The minimum absolute atomic E-state index is 0.0138. The van der Waals surface area contributed by atoms with Crippen LogP contribution in [0.5, 0.6) is 5.75 Å². The van der Waals surface area contributed by atoms with Crippen molar-refractivity contribution in [2.24, 2.45) is 4.99 Å². The van der Waals surface area contributed by atoms with Crippen LogP contribution < -0.4 is 4.74 Å². The molecule has 0 radical (unpaired) electrons. The average molecular weight is 393 g/mol. The predicted molar refractivity (Wildman–Crippen MR) is 98.5 cm³/mol. The van der Waals surface area contributed by atoms with Crippen LogP contribution in [0.1, 0.15) is 12.8 Å². The lowest BCUT2D eigenvalue weighted by Gasteiger charge is -2.30. The lowest BCUT2D eigenvalue weighted by molar-refractivity contribution is 0.109. The fraction of sp³-hybridized carbons (Fsp3) is 0.278. The Bertz CT molecular complexity index is 948. The van der Waals surface area contributed by atoms with Crippen LogP contribution in [-0.4, -0.2) is 32.8 Å². The van der Waals surface area contributed by atoms with E-state index in [0.29, 0.717) is 24.0 Å². The number of isothiocyanates is 1. The molecule has 0 saturated heterocycles. The van der Waals surface area contributed by atoms with Gasteiger partial charge >= 0.3 is 0 Å². The summed E-state index contributed by atoms with van der Waals surface area (Å²) < 4.78 is 48.6. The third kappa shape index (κ3) is 3.99. The summed E-state index contributed by atoms with van der Waals surface area (Å²) in [5, 5.41) is 2.29. The molecule has 0 aliphatic heterocycles. The molecule has 0 spiro atoms. The standard InChI is InChI=1S/C18H16FNO4S2/c1-23-18-7-4-13(8-17(18)19)12-2-5-16(6-3-12)26(21,22)24-15-9-14(10-15)20-11-25/h2-8,14-15H,9-10H2,1H3. The molecule has 0 N–H and O–H groups in total. The zero-order valence-corrected chi connectivity index (χ0v) is 15.5. The van der Waals surface area contributed by atoms with E-state index in [1.54, 1.807) is 18.2 Å². The largest absolute Gasteiger partial charge is 0.494 e. The molecule has 0 heterocycles. The van der Waals surface area contributed by atoms with Crippen LogP contribution in [0.25, 0.3) is 11.1 Å². The Morgan fingerprint density at radius 2 is 1.81 bits per heavy atom. The van der Waals surface area contributed by atoms with Gasteiger partial charge in [-0.3, -0.25) is 4.18 Å². The average Bonchev–Trinajstić information content (AvgIpc) is 2.60. The van der Waals surface area contributed by atoms with Crippen LogP contribution in [0.4, 0.5) is 4.39 Å². The lowest BCUT2D eigenvalue weighted by Crippen LogP contribution is -2.35. The Hall–Kier alpha value is -2.12. The first-order chi connectivity index (χ1) is 12.4. The van der Waals surface area contributed by atoms with Gasteiger partial charge in [0, 0.05) is 0 Å². The number of halogens is 1. The molecule has 5 nitrogen and oxygen atoms in total. The molecule has 0 unspecified atom stereocenters. The maximum absolute atomic E-state index is 13.8. The highest BCUT2D eigenvalue weighted by Gasteiger charge is 2.34. The third-order valence-electron chi connectivity index (χ3n) is 4.20. The number of hydrogen-bond donors (Lipinski definition) is 0. The first-order valence-corrected chi connectivity index (χ1v) is 9.69. The van der Waals surface area contributed by atoms with E-state index in [1.165, 1.54) is 31.4 Å². The van der Waals surface area contributed by atoms with Crippen LogP contribution in [-0.2, 0) is 14.3 Å². The van der Waals surface area contributed by atoms with Gasteiger partial charge in [0.1, 0.15) is 0 Å². The first-order valence-electron chi connectivity index (χ1n) is 7.87. The summed E-state index contributed by atoms with van der Waals surface area (Å²) in [6.45, 7) is 0. The number of nitrogens with zero attached hydrogens (tertiary/aromatic N) is 1. The highest BCUT2D eigenvalue weighted by atomic mass is 32.2. The molecule has 8 heteroatoms. The summed E-state index contributed by atoms with van der Waals surface area (Å²) in [6.07, 6.45) is 0.616. The second-order valence-corrected chi connectivity index (χ2v) is 7.65. The van der Waals surface area contributed by atoms with E-state index in [1.807, 2.05) is 0 Å². The SMILES string of the molecule is COc1ccc(-c2ccc(S(=O)(=O)OC3CC(N=C=S)C3)cc2)cc1F. The predicted octanol–water partition coefficient (Wildman–Crippen LogP) is 3.84. The highest BCUT2D eigenvalue weighted by molar-refractivity contribution is 7.86. The number of benzene rings is 2. The highest BCUT2D eigenvalue weighted by Crippen LogP contribution is 2.31. The van der Waals surface area contributed by atoms with Gasteiger partial charge in [-0.05, 0) is 60.5 Å². The number of methoxy groups -OCH3 is 1. The summed E-state index contributed by atoms with van der Waals surface area (Å²) in [4.78, 5) is 3.95. The first kappa shape index (κ1) is 18.7. The Balaban J connectivity index is 1.72. The molecule has 0 atom stereocenters. The van der Waals surface area contributed by atoms with Crippen molar-refractivity contribution in [1.82, 2.24) is 0 Å². The van der Waals surface area contributed by atoms with Gasteiger partial charge in [-0.1, -0.05) is 18.2 Å². The van der Waals surface area contributed by atoms with Crippen molar-refractivity contribution in [3.63, 3.8) is 0 Å². The minimum Gasteiger partial charge on any atom is -0.494 e. The molecule has 1 saturated carbocycles. The fourth-order valence-corrected chi connectivity index (χ4v) is 3.94. The van der Waals surface area contributed by atoms with Crippen molar-refractivity contribution < 1.29 is 21.7 Å². The van der Waals surface area contributed by atoms with Gasteiger partial charge in [-0.2, -0.15) is 8.42 Å². The number of thiocarbonyl (C=S) groups is 1. The van der Waals surface area contributed by atoms with Crippen LogP contribution in [0, 0.1) is 5.82 Å². The smallest absolute Gasteiger partial charge is 0.297 e. The fourth-order valence-electron chi connectivity index (χ4n) is 2.69. The van der Waals surface area contributed by atoms with Gasteiger partial charge in [-0.15, -0.1) is 0 Å². The van der Waals surface area contributed by atoms with E-state index in [9.17, 15) is 12.8 Å². The molecule has 1 aliphatic carbocycles. The number of ether oxygens (including phenoxy) is 1. The molecule has 136 valence electrons. The Kier molecular flexibility index (Phi) is 5.48. The molecule has 2 aromatic carbocycles. The minimum atomic E-state index is -3.86. The molecule has 1 fully saturated rings. The van der Waals surface area contributed by atoms with E-state index >= 15 is 0 Å². The van der Waals surface area contributed by atoms with Gasteiger partial charge in [0.05, 0.1) is 29.3 Å². The molecular formula is C18H16FNO4S2. The van der Waals surface area contributed by atoms with Crippen LogP contribution in [0.15, 0.2) is 52.4 Å². The number of rotatable bonds is 6. The summed E-state index contributed by atoms with van der Waals surface area (Å²) in [7, 11) is -2.47. The number of hydrogen-bond acceptors (Lipinski definition) is 6. The monoisotopic (exact) mass is 393 g/mol. The molecule has 3 rings (SSSR count). The van der Waals surface area contributed by atoms with Gasteiger partial charge in [0.2, 0.25) is 0 Å². The van der Waals surface area contributed by atoms with Crippen molar-refractivity contribution in [1.29, 1.82) is 0 Å². The molecular weight excluding hydrogens is 377 g/mol. The molecule has 1 aliphatic rings. The van der Waals surface area contributed by atoms with E-state index in [4.69, 9.17) is 8.92 Å². The molecule has 2 aromatic rings. The quantitative estimate of drug-likeness (QED) is 0.424. The normalized spacial score (nSPS) is 19.3. The summed E-state index contributed by atoms with van der Waals surface area (Å²) in [5.41, 5.74) is 1.30.